The molecule has 5 nitrogen and oxygen atoms in total. The summed E-state index contributed by atoms with van der Waals surface area (Å²) < 4.78 is 0. The zero-order chi connectivity index (χ0) is 15.0. The van der Waals surface area contributed by atoms with E-state index in [1.165, 1.54) is 52.1 Å². The smallest absolute Gasteiger partial charge is 0.195 e. The summed E-state index contributed by atoms with van der Waals surface area (Å²) in [5.74, 6) is 1.06. The van der Waals surface area contributed by atoms with Crippen LogP contribution in [0.5, 0.6) is 0 Å². The quantitative estimate of drug-likeness (QED) is 0.286. The van der Waals surface area contributed by atoms with Gasteiger partial charge in [-0.2, -0.15) is 0 Å². The minimum atomic E-state index is 0. The van der Waals surface area contributed by atoms with Crippen molar-refractivity contribution in [3.05, 3.63) is 0 Å². The molecule has 0 aromatic rings. The van der Waals surface area contributed by atoms with Crippen molar-refractivity contribution in [1.29, 1.82) is 0 Å². The average Bonchev–Trinajstić information content (AvgIpc) is 2.42. The average molecular weight is 411 g/mol. The minimum Gasteiger partial charge on any atom is -0.349 e. The number of guanidine groups is 1. The van der Waals surface area contributed by atoms with Crippen molar-refractivity contribution in [2.75, 3.05) is 74.0 Å². The Bertz CT molecular complexity index is 276. The first-order chi connectivity index (χ1) is 9.54. The van der Waals surface area contributed by atoms with Crippen LogP contribution in [-0.2, 0) is 0 Å². The van der Waals surface area contributed by atoms with Crippen LogP contribution in [0.3, 0.4) is 0 Å². The lowest BCUT2D eigenvalue weighted by molar-refractivity contribution is 0.136. The van der Waals surface area contributed by atoms with E-state index in [1.54, 1.807) is 0 Å². The standard InChI is InChI=1S/C15H33N5.HI/c1-6-19-11-13-20(14-12-19)10-8-7-9-16-15(17(2)3)18(4)5;/h6-14H2,1-5H3;1H. The fraction of sp³-hybridized carbons (Fsp3) is 0.933. The van der Waals surface area contributed by atoms with Gasteiger partial charge < -0.3 is 19.6 Å². The number of halogens is 1. The predicted molar refractivity (Wildman–Crippen MR) is 103 cm³/mol. The highest BCUT2D eigenvalue weighted by atomic mass is 127. The lowest BCUT2D eigenvalue weighted by Crippen LogP contribution is -2.46. The van der Waals surface area contributed by atoms with Crippen molar-refractivity contribution in [2.45, 2.75) is 19.8 Å². The van der Waals surface area contributed by atoms with E-state index in [4.69, 9.17) is 0 Å². The predicted octanol–water partition coefficient (Wildman–Crippen LogP) is 1.50. The molecule has 6 heteroatoms. The van der Waals surface area contributed by atoms with E-state index in [2.05, 4.69) is 31.5 Å². The van der Waals surface area contributed by atoms with Gasteiger partial charge in [0.15, 0.2) is 5.96 Å². The molecule has 0 aromatic heterocycles. The van der Waals surface area contributed by atoms with E-state index in [0.717, 1.165) is 12.5 Å². The molecule has 0 amide bonds. The molecule has 126 valence electrons. The fourth-order valence-corrected chi connectivity index (χ4v) is 2.64. The van der Waals surface area contributed by atoms with Crippen molar-refractivity contribution in [1.82, 2.24) is 19.6 Å². The monoisotopic (exact) mass is 411 g/mol. The first-order valence-corrected chi connectivity index (χ1v) is 7.88. The number of aliphatic imine (C=N–C) groups is 1. The molecule has 0 spiro atoms. The molecule has 0 unspecified atom stereocenters. The molecule has 1 aliphatic heterocycles. The molecule has 0 bridgehead atoms. The molecule has 1 rings (SSSR count). The van der Waals surface area contributed by atoms with Gasteiger partial charge in [0.2, 0.25) is 0 Å². The van der Waals surface area contributed by atoms with Gasteiger partial charge in [-0.1, -0.05) is 6.92 Å². The summed E-state index contributed by atoms with van der Waals surface area (Å²) in [5.41, 5.74) is 0. The highest BCUT2D eigenvalue weighted by Crippen LogP contribution is 2.03. The summed E-state index contributed by atoms with van der Waals surface area (Å²) >= 11 is 0. The molecule has 1 heterocycles. The van der Waals surface area contributed by atoms with E-state index < -0.39 is 0 Å². The number of unbranched alkanes of at least 4 members (excludes halogenated alkanes) is 1. The van der Waals surface area contributed by atoms with Crippen LogP contribution in [0, 0.1) is 0 Å². The van der Waals surface area contributed by atoms with Gasteiger partial charge in [0.05, 0.1) is 0 Å². The summed E-state index contributed by atoms with van der Waals surface area (Å²) in [7, 11) is 8.19. The zero-order valence-electron chi connectivity index (χ0n) is 14.5. The molecule has 1 saturated heterocycles. The second-order valence-corrected chi connectivity index (χ2v) is 5.95. The minimum absolute atomic E-state index is 0. The van der Waals surface area contributed by atoms with Crippen molar-refractivity contribution in [3.8, 4) is 0 Å². The van der Waals surface area contributed by atoms with Gasteiger partial charge in [0, 0.05) is 60.9 Å². The Morgan fingerprint density at radius 2 is 1.43 bits per heavy atom. The Morgan fingerprint density at radius 1 is 0.905 bits per heavy atom. The van der Waals surface area contributed by atoms with Gasteiger partial charge in [0.25, 0.3) is 0 Å². The Morgan fingerprint density at radius 3 is 1.90 bits per heavy atom. The Hall–Kier alpha value is -0.0800. The molecule has 0 saturated carbocycles. The molecule has 0 N–H and O–H groups in total. The maximum absolute atomic E-state index is 4.67. The lowest BCUT2D eigenvalue weighted by atomic mass is 10.2. The molecule has 0 aromatic carbocycles. The van der Waals surface area contributed by atoms with Gasteiger partial charge in [-0.15, -0.1) is 24.0 Å². The van der Waals surface area contributed by atoms with Gasteiger partial charge in [-0.3, -0.25) is 4.99 Å². The van der Waals surface area contributed by atoms with Gasteiger partial charge in [-0.05, 0) is 25.9 Å². The molecule has 1 fully saturated rings. The van der Waals surface area contributed by atoms with Gasteiger partial charge >= 0.3 is 0 Å². The maximum Gasteiger partial charge on any atom is 0.195 e. The normalized spacial score (nSPS) is 16.2. The van der Waals surface area contributed by atoms with Crippen LogP contribution in [0.25, 0.3) is 0 Å². The summed E-state index contributed by atoms with van der Waals surface area (Å²) in [5, 5.41) is 0. The van der Waals surface area contributed by atoms with E-state index >= 15 is 0 Å². The second kappa shape index (κ2) is 11.5. The highest BCUT2D eigenvalue weighted by molar-refractivity contribution is 14.0. The van der Waals surface area contributed by atoms with Crippen molar-refractivity contribution < 1.29 is 0 Å². The topological polar surface area (TPSA) is 25.3 Å². The van der Waals surface area contributed by atoms with E-state index in [1.807, 2.05) is 28.2 Å². The van der Waals surface area contributed by atoms with Crippen LogP contribution >= 0.6 is 24.0 Å². The Kier molecular flexibility index (Phi) is 11.4. The summed E-state index contributed by atoms with van der Waals surface area (Å²) in [4.78, 5) is 13.9. The van der Waals surface area contributed by atoms with Crippen LogP contribution in [-0.4, -0.2) is 99.6 Å². The van der Waals surface area contributed by atoms with Gasteiger partial charge in [0.1, 0.15) is 0 Å². The third kappa shape index (κ3) is 8.21. The maximum atomic E-state index is 4.67. The van der Waals surface area contributed by atoms with Crippen LogP contribution in [0.15, 0.2) is 4.99 Å². The number of rotatable bonds is 6. The second-order valence-electron chi connectivity index (χ2n) is 5.95. The number of hydrogen-bond acceptors (Lipinski definition) is 3. The van der Waals surface area contributed by atoms with E-state index in [-0.39, 0.29) is 24.0 Å². The zero-order valence-corrected chi connectivity index (χ0v) is 16.8. The highest BCUT2D eigenvalue weighted by Gasteiger charge is 2.14. The van der Waals surface area contributed by atoms with Crippen LogP contribution in [0.2, 0.25) is 0 Å². The Balaban J connectivity index is 0.00000400. The molecule has 0 aliphatic carbocycles. The summed E-state index contributed by atoms with van der Waals surface area (Å²) in [6.07, 6.45) is 2.43. The number of piperazine rings is 1. The number of nitrogens with zero attached hydrogens (tertiary/aromatic N) is 5. The lowest BCUT2D eigenvalue weighted by Gasteiger charge is -2.33. The third-order valence-corrected chi connectivity index (χ3v) is 3.85. The van der Waals surface area contributed by atoms with Crippen LogP contribution in [0.4, 0.5) is 0 Å². The molecule has 0 radical (unpaired) electrons. The van der Waals surface area contributed by atoms with E-state index in [9.17, 15) is 0 Å². The number of likely N-dealkylation sites (N-methyl/N-ethyl adjacent to an activating group) is 1. The molecule has 0 atom stereocenters. The summed E-state index contributed by atoms with van der Waals surface area (Å²) in [6, 6.07) is 0. The summed E-state index contributed by atoms with van der Waals surface area (Å²) in [6.45, 7) is 10.5. The third-order valence-electron chi connectivity index (χ3n) is 3.85. The fourth-order valence-electron chi connectivity index (χ4n) is 2.64. The SMILES string of the molecule is CCN1CCN(CCCCN=C(N(C)C)N(C)C)CC1.I. The molecular weight excluding hydrogens is 377 g/mol. The first kappa shape index (κ1) is 20.9. The van der Waals surface area contributed by atoms with E-state index in [0.29, 0.717) is 0 Å². The van der Waals surface area contributed by atoms with Crippen LogP contribution < -0.4 is 0 Å². The van der Waals surface area contributed by atoms with Gasteiger partial charge in [-0.25, -0.2) is 0 Å². The molecule has 21 heavy (non-hydrogen) atoms. The Labute approximate surface area is 148 Å². The van der Waals surface area contributed by atoms with Crippen molar-refractivity contribution in [2.24, 2.45) is 4.99 Å². The first-order valence-electron chi connectivity index (χ1n) is 7.88. The number of hydrogen-bond donors (Lipinski definition) is 0. The molecular formula is C15H34IN5. The van der Waals surface area contributed by atoms with Crippen molar-refractivity contribution >= 4 is 29.9 Å². The van der Waals surface area contributed by atoms with Crippen LogP contribution in [0.1, 0.15) is 19.8 Å². The van der Waals surface area contributed by atoms with Crippen molar-refractivity contribution in [3.63, 3.8) is 0 Å². The molecule has 1 aliphatic rings. The largest absolute Gasteiger partial charge is 0.349 e.